The molecule has 0 aromatic heterocycles. The van der Waals surface area contributed by atoms with Crippen LogP contribution in [0.15, 0.2) is 12.3 Å². The minimum atomic E-state index is 0.486. The van der Waals surface area contributed by atoms with Gasteiger partial charge in [-0.25, -0.2) is 0 Å². The molecule has 15 heavy (non-hydrogen) atoms. The largest absolute Gasteiger partial charge is 0.502 e. The van der Waals surface area contributed by atoms with Crippen LogP contribution in [0.4, 0.5) is 0 Å². The molecule has 0 saturated carbocycles. The van der Waals surface area contributed by atoms with Crippen LogP contribution in [0, 0.1) is 0 Å². The number of allylic oxidation sites excluding steroid dienone is 1. The highest BCUT2D eigenvalue weighted by molar-refractivity contribution is 4.66. The second-order valence-electron chi connectivity index (χ2n) is 4.18. The first-order valence-electron chi connectivity index (χ1n) is 6.28. The minimum absolute atomic E-state index is 0.486. The quantitative estimate of drug-likeness (QED) is 0.511. The van der Waals surface area contributed by atoms with Gasteiger partial charge in [-0.1, -0.05) is 25.3 Å². The third-order valence-electron chi connectivity index (χ3n) is 2.79. The lowest BCUT2D eigenvalue weighted by Gasteiger charge is -2.20. The van der Waals surface area contributed by atoms with Crippen molar-refractivity contribution in [2.75, 3.05) is 13.2 Å². The van der Waals surface area contributed by atoms with Gasteiger partial charge in [0.2, 0.25) is 0 Å². The van der Waals surface area contributed by atoms with E-state index in [1.54, 1.807) is 6.26 Å². The Bertz CT molecular complexity index is 158. The second-order valence-corrected chi connectivity index (χ2v) is 4.18. The lowest BCUT2D eigenvalue weighted by Crippen LogP contribution is -2.16. The molecule has 0 amide bonds. The summed E-state index contributed by atoms with van der Waals surface area (Å²) in [6, 6.07) is 0. The smallest absolute Gasteiger partial charge is 0.0874 e. The number of rotatable bonds is 5. The topological polar surface area (TPSA) is 18.5 Å². The molecule has 0 aromatic rings. The molecule has 0 radical (unpaired) electrons. The Kier molecular flexibility index (Phi) is 7.36. The molecule has 2 nitrogen and oxygen atoms in total. The van der Waals surface area contributed by atoms with Gasteiger partial charge >= 0.3 is 0 Å². The fraction of sp³-hybridized carbons (Fsp3) is 0.846. The summed E-state index contributed by atoms with van der Waals surface area (Å²) in [7, 11) is 0. The first-order chi connectivity index (χ1) is 7.43. The van der Waals surface area contributed by atoms with Crippen LogP contribution in [-0.2, 0) is 9.47 Å². The summed E-state index contributed by atoms with van der Waals surface area (Å²) in [4.78, 5) is 0. The molecule has 1 heterocycles. The molecule has 1 saturated heterocycles. The fourth-order valence-electron chi connectivity index (χ4n) is 1.95. The first-order valence-corrected chi connectivity index (χ1v) is 6.28. The van der Waals surface area contributed by atoms with Crippen LogP contribution in [0.25, 0.3) is 0 Å². The molecule has 0 aliphatic carbocycles. The lowest BCUT2D eigenvalue weighted by atomic mass is 10.0. The Morgan fingerprint density at radius 1 is 1.27 bits per heavy atom. The van der Waals surface area contributed by atoms with Crippen molar-refractivity contribution in [3.8, 4) is 0 Å². The number of hydrogen-bond acceptors (Lipinski definition) is 2. The van der Waals surface area contributed by atoms with Crippen LogP contribution < -0.4 is 0 Å². The molecule has 88 valence electrons. The SMILES string of the molecule is C/C=C/OCCCC1CCCCCCO1. The predicted molar refractivity (Wildman–Crippen MR) is 62.8 cm³/mol. The van der Waals surface area contributed by atoms with E-state index in [2.05, 4.69) is 0 Å². The van der Waals surface area contributed by atoms with E-state index in [-0.39, 0.29) is 0 Å². The van der Waals surface area contributed by atoms with Crippen molar-refractivity contribution in [2.24, 2.45) is 0 Å². The van der Waals surface area contributed by atoms with E-state index in [9.17, 15) is 0 Å². The minimum Gasteiger partial charge on any atom is -0.502 e. The van der Waals surface area contributed by atoms with Gasteiger partial charge in [0.1, 0.15) is 0 Å². The van der Waals surface area contributed by atoms with Gasteiger partial charge < -0.3 is 9.47 Å². The summed E-state index contributed by atoms with van der Waals surface area (Å²) < 4.78 is 11.1. The van der Waals surface area contributed by atoms with Gasteiger partial charge in [0.25, 0.3) is 0 Å². The van der Waals surface area contributed by atoms with E-state index in [1.807, 2.05) is 13.0 Å². The summed E-state index contributed by atoms with van der Waals surface area (Å²) in [5, 5.41) is 0. The molecule has 1 atom stereocenters. The van der Waals surface area contributed by atoms with Gasteiger partial charge in [0.15, 0.2) is 0 Å². The fourth-order valence-corrected chi connectivity index (χ4v) is 1.95. The third kappa shape index (κ3) is 6.56. The zero-order chi connectivity index (χ0) is 10.8. The summed E-state index contributed by atoms with van der Waals surface area (Å²) in [6.07, 6.45) is 13.0. The molecule has 0 aromatic carbocycles. The van der Waals surface area contributed by atoms with Gasteiger partial charge in [-0.2, -0.15) is 0 Å². The Hall–Kier alpha value is -0.500. The van der Waals surface area contributed by atoms with E-state index >= 15 is 0 Å². The van der Waals surface area contributed by atoms with Crippen molar-refractivity contribution in [2.45, 2.75) is 58.0 Å². The molecule has 0 N–H and O–H groups in total. The van der Waals surface area contributed by atoms with E-state index < -0.39 is 0 Å². The Balaban J connectivity index is 2.02. The average molecular weight is 212 g/mol. The van der Waals surface area contributed by atoms with Crippen LogP contribution in [0.5, 0.6) is 0 Å². The van der Waals surface area contributed by atoms with E-state index in [0.29, 0.717) is 6.10 Å². The van der Waals surface area contributed by atoms with Gasteiger partial charge in [-0.15, -0.1) is 0 Å². The van der Waals surface area contributed by atoms with Crippen LogP contribution in [0.3, 0.4) is 0 Å². The van der Waals surface area contributed by atoms with Crippen molar-refractivity contribution in [1.29, 1.82) is 0 Å². The summed E-state index contributed by atoms with van der Waals surface area (Å²) in [6.45, 7) is 3.75. The van der Waals surface area contributed by atoms with Crippen LogP contribution in [0.2, 0.25) is 0 Å². The zero-order valence-electron chi connectivity index (χ0n) is 9.91. The molecule has 1 fully saturated rings. The van der Waals surface area contributed by atoms with E-state index in [4.69, 9.17) is 9.47 Å². The molecule has 1 unspecified atom stereocenters. The van der Waals surface area contributed by atoms with Gasteiger partial charge in [0.05, 0.1) is 19.0 Å². The van der Waals surface area contributed by atoms with Crippen molar-refractivity contribution in [3.63, 3.8) is 0 Å². The predicted octanol–water partition coefficient (Wildman–Crippen LogP) is 3.67. The second kappa shape index (κ2) is 8.78. The molecule has 1 rings (SSSR count). The van der Waals surface area contributed by atoms with Gasteiger partial charge in [0, 0.05) is 6.61 Å². The van der Waals surface area contributed by atoms with Crippen molar-refractivity contribution < 1.29 is 9.47 Å². The molecule has 0 bridgehead atoms. The van der Waals surface area contributed by atoms with Crippen molar-refractivity contribution in [1.82, 2.24) is 0 Å². The van der Waals surface area contributed by atoms with Gasteiger partial charge in [-0.3, -0.25) is 0 Å². The maximum Gasteiger partial charge on any atom is 0.0874 e. The monoisotopic (exact) mass is 212 g/mol. The molecular weight excluding hydrogens is 188 g/mol. The molecule has 0 spiro atoms. The summed E-state index contributed by atoms with van der Waals surface area (Å²) >= 11 is 0. The molecule has 1 aliphatic heterocycles. The summed E-state index contributed by atoms with van der Waals surface area (Å²) in [5.41, 5.74) is 0. The number of hydrogen-bond donors (Lipinski definition) is 0. The molecule has 2 heteroatoms. The Morgan fingerprint density at radius 3 is 3.00 bits per heavy atom. The maximum atomic E-state index is 5.82. The highest BCUT2D eigenvalue weighted by atomic mass is 16.5. The third-order valence-corrected chi connectivity index (χ3v) is 2.79. The average Bonchev–Trinajstić information content (AvgIpc) is 2.20. The molecular formula is C13H24O2. The Morgan fingerprint density at radius 2 is 2.13 bits per heavy atom. The van der Waals surface area contributed by atoms with Crippen molar-refractivity contribution in [3.05, 3.63) is 12.3 Å². The van der Waals surface area contributed by atoms with Gasteiger partial charge in [-0.05, 0) is 32.6 Å². The Labute approximate surface area is 93.7 Å². The maximum absolute atomic E-state index is 5.82. The lowest BCUT2D eigenvalue weighted by molar-refractivity contribution is 0.0257. The first kappa shape index (κ1) is 12.6. The standard InChI is InChI=1S/C13H24O2/c1-2-10-14-11-7-9-13-8-5-3-4-6-12-15-13/h2,10,13H,3-9,11-12H2,1H3/b10-2+. The highest BCUT2D eigenvalue weighted by Crippen LogP contribution is 2.16. The van der Waals surface area contributed by atoms with Crippen LogP contribution in [0.1, 0.15) is 51.9 Å². The highest BCUT2D eigenvalue weighted by Gasteiger charge is 2.10. The summed E-state index contributed by atoms with van der Waals surface area (Å²) in [5.74, 6) is 0. The number of ether oxygens (including phenoxy) is 2. The van der Waals surface area contributed by atoms with E-state index in [1.165, 1.54) is 32.1 Å². The molecule has 1 aliphatic rings. The van der Waals surface area contributed by atoms with Crippen LogP contribution in [-0.4, -0.2) is 19.3 Å². The van der Waals surface area contributed by atoms with E-state index in [0.717, 1.165) is 26.1 Å². The van der Waals surface area contributed by atoms with Crippen LogP contribution >= 0.6 is 0 Å². The zero-order valence-corrected chi connectivity index (χ0v) is 9.91. The van der Waals surface area contributed by atoms with Crippen molar-refractivity contribution >= 4 is 0 Å². The normalized spacial score (nSPS) is 23.7.